The lowest BCUT2D eigenvalue weighted by atomic mass is 9.85. The lowest BCUT2D eigenvalue weighted by molar-refractivity contribution is 0.287. The summed E-state index contributed by atoms with van der Waals surface area (Å²) in [6, 6.07) is 2.17. The Labute approximate surface area is 98.2 Å². The first kappa shape index (κ1) is 11.6. The van der Waals surface area contributed by atoms with Gasteiger partial charge in [0.05, 0.1) is 11.2 Å². The topological polar surface area (TPSA) is 29.9 Å². The molecule has 0 spiro atoms. The number of rotatable bonds is 3. The smallest absolute Gasteiger partial charge is 0.0825 e. The molecular formula is C13H23N3. The van der Waals surface area contributed by atoms with Crippen molar-refractivity contribution in [2.75, 3.05) is 6.54 Å². The fourth-order valence-corrected chi connectivity index (χ4v) is 2.80. The van der Waals surface area contributed by atoms with Gasteiger partial charge >= 0.3 is 0 Å². The molecule has 1 atom stereocenters. The fourth-order valence-electron chi connectivity index (χ4n) is 2.80. The molecule has 0 saturated carbocycles. The third kappa shape index (κ3) is 2.29. The molecule has 90 valence electrons. The number of aryl methyl sites for hydroxylation is 1. The molecule has 0 bridgehead atoms. The molecule has 0 amide bonds. The minimum absolute atomic E-state index is 0.145. The van der Waals surface area contributed by atoms with Crippen molar-refractivity contribution in [1.82, 2.24) is 15.1 Å². The lowest BCUT2D eigenvalue weighted by Crippen LogP contribution is -2.42. The van der Waals surface area contributed by atoms with E-state index >= 15 is 0 Å². The van der Waals surface area contributed by atoms with Crippen molar-refractivity contribution in [3.63, 3.8) is 0 Å². The van der Waals surface area contributed by atoms with E-state index in [0.717, 1.165) is 6.54 Å². The molecule has 1 fully saturated rings. The predicted molar refractivity (Wildman–Crippen MR) is 66.3 cm³/mol. The number of hydrogen-bond acceptors (Lipinski definition) is 2. The van der Waals surface area contributed by atoms with Crippen LogP contribution < -0.4 is 5.32 Å². The van der Waals surface area contributed by atoms with Crippen LogP contribution in [0.3, 0.4) is 0 Å². The molecule has 1 N–H and O–H groups in total. The maximum absolute atomic E-state index is 4.62. The van der Waals surface area contributed by atoms with E-state index in [4.69, 9.17) is 0 Å². The summed E-state index contributed by atoms with van der Waals surface area (Å²) in [6.45, 7) is 3.40. The van der Waals surface area contributed by atoms with Gasteiger partial charge in [-0.2, -0.15) is 5.10 Å². The summed E-state index contributed by atoms with van der Waals surface area (Å²) in [5.74, 6) is 0. The molecule has 3 heteroatoms. The van der Waals surface area contributed by atoms with Crippen molar-refractivity contribution >= 4 is 0 Å². The monoisotopic (exact) mass is 221 g/mol. The van der Waals surface area contributed by atoms with Gasteiger partial charge in [0.2, 0.25) is 0 Å². The number of hydrogen-bond donors (Lipinski definition) is 1. The van der Waals surface area contributed by atoms with E-state index in [1.807, 2.05) is 11.7 Å². The van der Waals surface area contributed by atoms with E-state index in [-0.39, 0.29) is 5.54 Å². The van der Waals surface area contributed by atoms with Gasteiger partial charge in [-0.05, 0) is 31.9 Å². The lowest BCUT2D eigenvalue weighted by Gasteiger charge is -2.32. The molecule has 16 heavy (non-hydrogen) atoms. The van der Waals surface area contributed by atoms with Gasteiger partial charge in [0.25, 0.3) is 0 Å². The summed E-state index contributed by atoms with van der Waals surface area (Å²) in [7, 11) is 2.00. The minimum atomic E-state index is 0.145. The summed E-state index contributed by atoms with van der Waals surface area (Å²) in [4.78, 5) is 0. The Balaban J connectivity index is 2.25. The third-order valence-corrected chi connectivity index (χ3v) is 3.62. The molecule has 1 aromatic rings. The summed E-state index contributed by atoms with van der Waals surface area (Å²) >= 11 is 0. The zero-order valence-corrected chi connectivity index (χ0v) is 10.5. The van der Waals surface area contributed by atoms with Crippen LogP contribution in [0.5, 0.6) is 0 Å². The van der Waals surface area contributed by atoms with Crippen molar-refractivity contribution in [2.24, 2.45) is 7.05 Å². The zero-order valence-electron chi connectivity index (χ0n) is 10.5. The SMILES string of the molecule is CCCC1(c2ccn(C)n2)CCCCCN1. The second-order valence-electron chi connectivity index (χ2n) is 4.94. The van der Waals surface area contributed by atoms with Crippen molar-refractivity contribution in [3.8, 4) is 0 Å². The van der Waals surface area contributed by atoms with Crippen LogP contribution in [0.4, 0.5) is 0 Å². The van der Waals surface area contributed by atoms with E-state index in [2.05, 4.69) is 29.6 Å². The van der Waals surface area contributed by atoms with Crippen LogP contribution in [-0.4, -0.2) is 16.3 Å². The van der Waals surface area contributed by atoms with Gasteiger partial charge < -0.3 is 5.32 Å². The van der Waals surface area contributed by atoms with Crippen molar-refractivity contribution < 1.29 is 0 Å². The Kier molecular flexibility index (Phi) is 3.64. The molecule has 1 aliphatic rings. The summed E-state index contributed by atoms with van der Waals surface area (Å²) in [5, 5.41) is 8.37. The van der Waals surface area contributed by atoms with Crippen molar-refractivity contribution in [3.05, 3.63) is 18.0 Å². The molecule has 3 nitrogen and oxygen atoms in total. The maximum Gasteiger partial charge on any atom is 0.0825 e. The highest BCUT2D eigenvalue weighted by Crippen LogP contribution is 2.32. The minimum Gasteiger partial charge on any atom is -0.306 e. The van der Waals surface area contributed by atoms with Gasteiger partial charge in [0, 0.05) is 13.2 Å². The van der Waals surface area contributed by atoms with Crippen LogP contribution in [-0.2, 0) is 12.6 Å². The number of aromatic nitrogens is 2. The maximum atomic E-state index is 4.62. The molecule has 0 aromatic carbocycles. The number of nitrogens with one attached hydrogen (secondary N) is 1. The highest BCUT2D eigenvalue weighted by molar-refractivity contribution is 5.14. The molecular weight excluding hydrogens is 198 g/mol. The van der Waals surface area contributed by atoms with E-state index in [0.29, 0.717) is 0 Å². The Morgan fingerprint density at radius 3 is 3.00 bits per heavy atom. The molecule has 1 saturated heterocycles. The van der Waals surface area contributed by atoms with Crippen molar-refractivity contribution in [2.45, 2.75) is 51.0 Å². The normalized spacial score (nSPS) is 26.6. The fraction of sp³-hybridized carbons (Fsp3) is 0.769. The molecule has 2 heterocycles. The van der Waals surface area contributed by atoms with Crippen LogP contribution in [0.25, 0.3) is 0 Å². The first-order valence-electron chi connectivity index (χ1n) is 6.52. The van der Waals surface area contributed by atoms with E-state index < -0.39 is 0 Å². The average molecular weight is 221 g/mol. The summed E-state index contributed by atoms with van der Waals surface area (Å²) < 4.78 is 1.92. The van der Waals surface area contributed by atoms with Crippen LogP contribution in [0, 0.1) is 0 Å². The van der Waals surface area contributed by atoms with Gasteiger partial charge in [-0.3, -0.25) is 4.68 Å². The van der Waals surface area contributed by atoms with Gasteiger partial charge in [-0.25, -0.2) is 0 Å². The number of nitrogens with zero attached hydrogens (tertiary/aromatic N) is 2. The predicted octanol–water partition coefficient (Wildman–Crippen LogP) is 2.58. The van der Waals surface area contributed by atoms with Crippen LogP contribution >= 0.6 is 0 Å². The molecule has 1 unspecified atom stereocenters. The standard InChI is InChI=1S/C13H23N3/c1-3-8-13(9-5-4-6-10-14-13)12-7-11-16(2)15-12/h7,11,14H,3-6,8-10H2,1-2H3. The Bertz CT molecular complexity index is 322. The molecule has 1 aromatic heterocycles. The zero-order chi connectivity index (χ0) is 11.4. The second-order valence-corrected chi connectivity index (χ2v) is 4.94. The molecule has 1 aliphatic heterocycles. The quantitative estimate of drug-likeness (QED) is 0.850. The Morgan fingerprint density at radius 1 is 1.44 bits per heavy atom. The van der Waals surface area contributed by atoms with Crippen LogP contribution in [0.2, 0.25) is 0 Å². The van der Waals surface area contributed by atoms with E-state index in [9.17, 15) is 0 Å². The first-order valence-corrected chi connectivity index (χ1v) is 6.52. The summed E-state index contributed by atoms with van der Waals surface area (Å²) in [5.41, 5.74) is 1.38. The molecule has 0 radical (unpaired) electrons. The van der Waals surface area contributed by atoms with Crippen LogP contribution in [0.1, 0.15) is 51.1 Å². The first-order chi connectivity index (χ1) is 7.77. The van der Waals surface area contributed by atoms with E-state index in [1.54, 1.807) is 0 Å². The van der Waals surface area contributed by atoms with Crippen molar-refractivity contribution in [1.29, 1.82) is 0 Å². The summed E-state index contributed by atoms with van der Waals surface area (Å²) in [6.07, 6.45) is 9.68. The van der Waals surface area contributed by atoms with Crippen LogP contribution in [0.15, 0.2) is 12.3 Å². The largest absolute Gasteiger partial charge is 0.306 e. The van der Waals surface area contributed by atoms with Gasteiger partial charge in [0.1, 0.15) is 0 Å². The highest BCUT2D eigenvalue weighted by Gasteiger charge is 2.33. The average Bonchev–Trinajstić information content (AvgIpc) is 2.57. The molecule has 0 aliphatic carbocycles. The highest BCUT2D eigenvalue weighted by atomic mass is 15.3. The van der Waals surface area contributed by atoms with Gasteiger partial charge in [-0.1, -0.05) is 26.2 Å². The van der Waals surface area contributed by atoms with Gasteiger partial charge in [0.15, 0.2) is 0 Å². The molecule has 2 rings (SSSR count). The van der Waals surface area contributed by atoms with Gasteiger partial charge in [-0.15, -0.1) is 0 Å². The Hall–Kier alpha value is -0.830. The Morgan fingerprint density at radius 2 is 2.31 bits per heavy atom. The van der Waals surface area contributed by atoms with E-state index in [1.165, 1.54) is 44.2 Å². The second kappa shape index (κ2) is 5.00. The third-order valence-electron chi connectivity index (χ3n) is 3.62.